The molecular formula is C21H14F6O4S2. The van der Waals surface area contributed by atoms with Gasteiger partial charge in [0, 0.05) is 27.3 Å². The number of halogens is 6. The van der Waals surface area contributed by atoms with E-state index in [1.807, 2.05) is 48.5 Å². The van der Waals surface area contributed by atoms with Crippen LogP contribution in [0, 0.1) is 0 Å². The highest BCUT2D eigenvalue weighted by atomic mass is 32.2. The molecule has 0 aliphatic carbocycles. The maximum absolute atomic E-state index is 13.2. The lowest BCUT2D eigenvalue weighted by Gasteiger charge is -2.09. The number of hydrogen-bond acceptors (Lipinski definition) is 4. The summed E-state index contributed by atoms with van der Waals surface area (Å²) in [6.07, 6.45) is -4.39. The molecule has 0 unspecified atom stereocenters. The van der Waals surface area contributed by atoms with Gasteiger partial charge in [-0.2, -0.15) is 26.3 Å². The Kier molecular flexibility index (Phi) is 6.65. The van der Waals surface area contributed by atoms with E-state index in [0.29, 0.717) is 10.6 Å². The molecule has 0 atom stereocenters. The molecule has 3 aromatic carbocycles. The van der Waals surface area contributed by atoms with Gasteiger partial charge in [0.1, 0.15) is 0 Å². The lowest BCUT2D eigenvalue weighted by Crippen LogP contribution is -2.21. The van der Waals surface area contributed by atoms with Gasteiger partial charge in [0.15, 0.2) is 25.3 Å². The Balaban J connectivity index is 0.000000331. The highest BCUT2D eigenvalue weighted by Crippen LogP contribution is 2.52. The Morgan fingerprint density at radius 1 is 0.818 bits per heavy atom. The van der Waals surface area contributed by atoms with Gasteiger partial charge in [-0.1, -0.05) is 24.3 Å². The minimum absolute atomic E-state index is 0.475. The molecule has 1 aromatic heterocycles. The summed E-state index contributed by atoms with van der Waals surface area (Å²) >= 11 is 0. The molecule has 0 aliphatic heterocycles. The van der Waals surface area contributed by atoms with E-state index in [0.717, 1.165) is 26.2 Å². The van der Waals surface area contributed by atoms with Gasteiger partial charge in [0.25, 0.3) is 0 Å². The van der Waals surface area contributed by atoms with Crippen LogP contribution in [0.4, 0.5) is 26.3 Å². The third-order valence-corrected chi connectivity index (χ3v) is 7.42. The van der Waals surface area contributed by atoms with Crippen LogP contribution in [0.1, 0.15) is 5.56 Å². The van der Waals surface area contributed by atoms with E-state index >= 15 is 0 Å². The molecule has 0 amide bonds. The van der Waals surface area contributed by atoms with Crippen molar-refractivity contribution in [3.05, 3.63) is 72.3 Å². The highest BCUT2D eigenvalue weighted by molar-refractivity contribution is 7.86. The standard InChI is InChI=1S/C20H14F3OS.CHF3O3S/c1-24-16-11-10-13(20(21,22)23)12-19(16)25-17-8-4-2-6-14(17)15-7-3-5-9-18(15)25;2-1(3,4)8(5,6)7/h2-12H,1H3;(H,5,6,7)/q+1;/p-1. The molecule has 12 heteroatoms. The lowest BCUT2D eigenvalue weighted by molar-refractivity contribution is -0.137. The van der Waals surface area contributed by atoms with Gasteiger partial charge < -0.3 is 9.29 Å². The van der Waals surface area contributed by atoms with Crippen molar-refractivity contribution in [1.82, 2.24) is 0 Å². The van der Waals surface area contributed by atoms with Gasteiger partial charge in [-0.25, -0.2) is 8.42 Å². The summed E-state index contributed by atoms with van der Waals surface area (Å²) in [7, 11) is -5.22. The van der Waals surface area contributed by atoms with Crippen molar-refractivity contribution in [3.63, 3.8) is 0 Å². The first-order valence-corrected chi connectivity index (χ1v) is 11.6. The summed E-state index contributed by atoms with van der Waals surface area (Å²) in [6.45, 7) is 0. The maximum atomic E-state index is 13.2. The second kappa shape index (κ2) is 8.84. The van der Waals surface area contributed by atoms with Gasteiger partial charge in [-0.15, -0.1) is 0 Å². The van der Waals surface area contributed by atoms with Crippen LogP contribution >= 0.6 is 10.5 Å². The molecule has 1 heterocycles. The van der Waals surface area contributed by atoms with Crippen LogP contribution in [-0.4, -0.2) is 25.6 Å². The predicted octanol–water partition coefficient (Wildman–Crippen LogP) is 6.81. The highest BCUT2D eigenvalue weighted by Gasteiger charge is 2.37. The number of rotatable bonds is 2. The Morgan fingerprint density at radius 3 is 1.67 bits per heavy atom. The Morgan fingerprint density at radius 2 is 1.27 bits per heavy atom. The Bertz CT molecular complexity index is 1350. The number of benzene rings is 3. The largest absolute Gasteiger partial charge is 0.741 e. The first-order chi connectivity index (χ1) is 15.3. The van der Waals surface area contributed by atoms with Crippen LogP contribution in [0.25, 0.3) is 25.1 Å². The van der Waals surface area contributed by atoms with Gasteiger partial charge in [-0.05, 0) is 36.4 Å². The zero-order chi connectivity index (χ0) is 24.6. The SMILES string of the molecule is COc1ccc(C(F)(F)F)cc1-[s+]1c2ccccc2c2ccccc21.O=S(=O)([O-])C(F)(F)F. The topological polar surface area (TPSA) is 66.4 Å². The summed E-state index contributed by atoms with van der Waals surface area (Å²) in [5, 5.41) is 2.14. The van der Waals surface area contributed by atoms with E-state index in [-0.39, 0.29) is 0 Å². The normalized spacial score (nSPS) is 12.5. The van der Waals surface area contributed by atoms with Gasteiger partial charge in [-0.3, -0.25) is 0 Å². The van der Waals surface area contributed by atoms with Crippen LogP contribution < -0.4 is 4.74 Å². The average molecular weight is 508 g/mol. The summed E-state index contributed by atoms with van der Waals surface area (Å²) in [5.41, 5.74) is -6.30. The van der Waals surface area contributed by atoms with E-state index in [1.54, 1.807) is 0 Å². The first kappa shape index (κ1) is 24.8. The number of alkyl halides is 6. The minimum atomic E-state index is -6.09. The predicted molar refractivity (Wildman–Crippen MR) is 113 cm³/mol. The van der Waals surface area contributed by atoms with Crippen molar-refractivity contribution in [2.45, 2.75) is 11.7 Å². The summed E-state index contributed by atoms with van der Waals surface area (Å²) < 4.78 is 106. The Labute approximate surface area is 186 Å². The number of hydrogen-bond donors (Lipinski definition) is 0. The molecule has 0 bridgehead atoms. The second-order valence-corrected chi connectivity index (χ2v) is 9.86. The van der Waals surface area contributed by atoms with Crippen LogP contribution in [0.5, 0.6) is 5.75 Å². The zero-order valence-corrected chi connectivity index (χ0v) is 18.2. The molecule has 33 heavy (non-hydrogen) atoms. The van der Waals surface area contributed by atoms with E-state index in [4.69, 9.17) is 17.7 Å². The van der Waals surface area contributed by atoms with Crippen molar-refractivity contribution < 1.29 is 44.0 Å². The third kappa shape index (κ3) is 5.07. The lowest BCUT2D eigenvalue weighted by atomic mass is 10.2. The molecule has 4 aromatic rings. The van der Waals surface area contributed by atoms with E-state index in [2.05, 4.69) is 0 Å². The fourth-order valence-electron chi connectivity index (χ4n) is 3.10. The fourth-order valence-corrected chi connectivity index (χ4v) is 5.64. The van der Waals surface area contributed by atoms with E-state index in [9.17, 15) is 26.3 Å². The summed E-state index contributed by atoms with van der Waals surface area (Å²) in [4.78, 5) is 0.565. The molecule has 4 nitrogen and oxygen atoms in total. The molecule has 4 rings (SSSR count). The molecular weight excluding hydrogens is 494 g/mol. The fraction of sp³-hybridized carbons (Fsp3) is 0.143. The molecule has 0 saturated carbocycles. The van der Waals surface area contributed by atoms with Gasteiger partial charge >= 0.3 is 11.7 Å². The number of fused-ring (bicyclic) bond motifs is 3. The summed E-state index contributed by atoms with van der Waals surface area (Å²) in [5.74, 6) is 0.475. The molecule has 176 valence electrons. The van der Waals surface area contributed by atoms with Crippen molar-refractivity contribution >= 4 is 40.8 Å². The van der Waals surface area contributed by atoms with Crippen molar-refractivity contribution in [1.29, 1.82) is 0 Å². The second-order valence-electron chi connectivity index (χ2n) is 6.56. The van der Waals surface area contributed by atoms with Gasteiger partial charge in [0.2, 0.25) is 4.90 Å². The molecule has 0 fully saturated rings. The van der Waals surface area contributed by atoms with Crippen LogP contribution in [-0.2, 0) is 16.3 Å². The molecule has 0 aliphatic rings. The molecule has 0 N–H and O–H groups in total. The van der Waals surface area contributed by atoms with Crippen molar-refractivity contribution in [2.75, 3.05) is 7.11 Å². The average Bonchev–Trinajstić information content (AvgIpc) is 3.06. The molecule has 0 saturated heterocycles. The minimum Gasteiger partial charge on any atom is -0.741 e. The van der Waals surface area contributed by atoms with Crippen LogP contribution in [0.3, 0.4) is 0 Å². The third-order valence-electron chi connectivity index (χ3n) is 4.50. The number of thiophene rings is 1. The van der Waals surface area contributed by atoms with E-state index < -0.39 is 37.8 Å². The molecule has 0 radical (unpaired) electrons. The maximum Gasteiger partial charge on any atom is 0.485 e. The van der Waals surface area contributed by atoms with Crippen LogP contribution in [0.15, 0.2) is 66.7 Å². The number of methoxy groups -OCH3 is 1. The zero-order valence-electron chi connectivity index (χ0n) is 16.6. The first-order valence-electron chi connectivity index (χ1n) is 8.96. The monoisotopic (exact) mass is 508 g/mol. The molecule has 0 spiro atoms. The quantitative estimate of drug-likeness (QED) is 0.129. The van der Waals surface area contributed by atoms with Crippen LogP contribution in [0.2, 0.25) is 0 Å². The van der Waals surface area contributed by atoms with Gasteiger partial charge in [0.05, 0.1) is 12.7 Å². The summed E-state index contributed by atoms with van der Waals surface area (Å²) in [6, 6.07) is 19.4. The Hall–Kier alpha value is -2.83. The van der Waals surface area contributed by atoms with Crippen molar-refractivity contribution in [2.24, 2.45) is 0 Å². The van der Waals surface area contributed by atoms with Crippen molar-refractivity contribution in [3.8, 4) is 10.6 Å². The number of ether oxygens (including phenoxy) is 1. The van der Waals surface area contributed by atoms with E-state index in [1.165, 1.54) is 19.2 Å². The smallest absolute Gasteiger partial charge is 0.485 e.